The predicted octanol–water partition coefficient (Wildman–Crippen LogP) is 0.400. The minimum Gasteiger partial charge on any atom is -0.368 e. The summed E-state index contributed by atoms with van der Waals surface area (Å²) >= 11 is 0. The molecule has 1 aliphatic heterocycles. The van der Waals surface area contributed by atoms with Crippen LogP contribution in [0.5, 0.6) is 0 Å². The molecule has 0 aromatic carbocycles. The van der Waals surface area contributed by atoms with Gasteiger partial charge in [-0.1, -0.05) is 0 Å². The highest BCUT2D eigenvalue weighted by Gasteiger charge is 2.16. The maximum absolute atomic E-state index is 5.76. The number of anilines is 3. The van der Waals surface area contributed by atoms with Crippen molar-refractivity contribution in [1.82, 2.24) is 24.7 Å². The Balaban J connectivity index is 1.74. The van der Waals surface area contributed by atoms with Gasteiger partial charge < -0.3 is 16.0 Å². The Bertz CT molecular complexity index is 587. The lowest BCUT2D eigenvalue weighted by Gasteiger charge is -2.16. The zero-order valence-corrected chi connectivity index (χ0v) is 11.5. The predicted molar refractivity (Wildman–Crippen MR) is 76.2 cm³/mol. The number of aryl methyl sites for hydroxylation is 1. The van der Waals surface area contributed by atoms with Gasteiger partial charge in [0.15, 0.2) is 0 Å². The largest absolute Gasteiger partial charge is 0.368 e. The van der Waals surface area contributed by atoms with Gasteiger partial charge in [0, 0.05) is 26.3 Å². The SMILES string of the molecule is Cn1nccc1CNc1nc(N)nc(N2CCCC2)n1. The smallest absolute Gasteiger partial charge is 0.231 e. The summed E-state index contributed by atoms with van der Waals surface area (Å²) in [5.74, 6) is 1.40. The van der Waals surface area contributed by atoms with Crippen molar-refractivity contribution >= 4 is 17.8 Å². The molecule has 0 spiro atoms. The van der Waals surface area contributed by atoms with Crippen molar-refractivity contribution in [1.29, 1.82) is 0 Å². The van der Waals surface area contributed by atoms with E-state index in [1.54, 1.807) is 10.9 Å². The fraction of sp³-hybridized carbons (Fsp3) is 0.500. The van der Waals surface area contributed by atoms with E-state index < -0.39 is 0 Å². The van der Waals surface area contributed by atoms with Crippen molar-refractivity contribution in [2.45, 2.75) is 19.4 Å². The van der Waals surface area contributed by atoms with Crippen molar-refractivity contribution in [3.63, 3.8) is 0 Å². The molecule has 3 N–H and O–H groups in total. The van der Waals surface area contributed by atoms with E-state index >= 15 is 0 Å². The maximum atomic E-state index is 5.76. The third-order valence-electron chi connectivity index (χ3n) is 3.38. The van der Waals surface area contributed by atoms with E-state index in [0.717, 1.165) is 18.8 Å². The monoisotopic (exact) mass is 274 g/mol. The number of nitrogens with zero attached hydrogens (tertiary/aromatic N) is 6. The standard InChI is InChI=1S/C12H18N8/c1-19-9(4-5-15-19)8-14-11-16-10(13)17-12(18-11)20-6-2-3-7-20/h4-5H,2-3,6-8H2,1H3,(H3,13,14,16,17,18). The van der Waals surface area contributed by atoms with Crippen LogP contribution in [0.1, 0.15) is 18.5 Å². The minimum absolute atomic E-state index is 0.245. The molecule has 8 nitrogen and oxygen atoms in total. The molecule has 106 valence electrons. The average molecular weight is 274 g/mol. The van der Waals surface area contributed by atoms with E-state index in [4.69, 9.17) is 5.73 Å². The first-order valence-electron chi connectivity index (χ1n) is 6.69. The molecule has 8 heteroatoms. The summed E-state index contributed by atoms with van der Waals surface area (Å²) in [6.45, 7) is 2.55. The second-order valence-electron chi connectivity index (χ2n) is 4.81. The van der Waals surface area contributed by atoms with E-state index in [1.165, 1.54) is 12.8 Å². The first-order valence-corrected chi connectivity index (χ1v) is 6.69. The zero-order valence-electron chi connectivity index (χ0n) is 11.5. The molecule has 0 atom stereocenters. The van der Waals surface area contributed by atoms with Crippen LogP contribution in [0.3, 0.4) is 0 Å². The molecular formula is C12H18N8. The van der Waals surface area contributed by atoms with Gasteiger partial charge in [0.2, 0.25) is 17.8 Å². The van der Waals surface area contributed by atoms with Crippen LogP contribution in [0.25, 0.3) is 0 Å². The Morgan fingerprint density at radius 1 is 1.25 bits per heavy atom. The first-order chi connectivity index (χ1) is 9.72. The van der Waals surface area contributed by atoms with Crippen LogP contribution < -0.4 is 16.0 Å². The quantitative estimate of drug-likeness (QED) is 0.832. The lowest BCUT2D eigenvalue weighted by atomic mass is 10.4. The van der Waals surface area contributed by atoms with Crippen LogP contribution in [0.15, 0.2) is 12.3 Å². The number of nitrogen functional groups attached to an aromatic ring is 1. The van der Waals surface area contributed by atoms with Gasteiger partial charge >= 0.3 is 0 Å². The minimum atomic E-state index is 0.245. The van der Waals surface area contributed by atoms with Gasteiger partial charge in [-0.05, 0) is 18.9 Å². The van der Waals surface area contributed by atoms with Gasteiger partial charge in [0.1, 0.15) is 0 Å². The first kappa shape index (κ1) is 12.6. The van der Waals surface area contributed by atoms with Crippen LogP contribution in [-0.2, 0) is 13.6 Å². The second-order valence-corrected chi connectivity index (χ2v) is 4.81. The molecular weight excluding hydrogens is 256 g/mol. The summed E-state index contributed by atoms with van der Waals surface area (Å²) in [7, 11) is 1.90. The summed E-state index contributed by atoms with van der Waals surface area (Å²) in [4.78, 5) is 14.9. The fourth-order valence-electron chi connectivity index (χ4n) is 2.26. The Morgan fingerprint density at radius 3 is 2.75 bits per heavy atom. The third kappa shape index (κ3) is 2.63. The van der Waals surface area contributed by atoms with Gasteiger partial charge in [0.25, 0.3) is 0 Å². The topological polar surface area (TPSA) is 97.8 Å². The molecule has 0 radical (unpaired) electrons. The van der Waals surface area contributed by atoms with Gasteiger partial charge in [-0.15, -0.1) is 0 Å². The summed E-state index contributed by atoms with van der Waals surface area (Å²) in [5.41, 5.74) is 6.81. The molecule has 0 unspecified atom stereocenters. The number of rotatable bonds is 4. The summed E-state index contributed by atoms with van der Waals surface area (Å²) in [5, 5.41) is 7.28. The number of aromatic nitrogens is 5. The Labute approximate surface area is 117 Å². The molecule has 1 aliphatic rings. The van der Waals surface area contributed by atoms with Crippen LogP contribution in [-0.4, -0.2) is 37.8 Å². The van der Waals surface area contributed by atoms with Gasteiger partial charge in [-0.2, -0.15) is 20.1 Å². The van der Waals surface area contributed by atoms with Crippen LogP contribution in [0, 0.1) is 0 Å². The average Bonchev–Trinajstić information content (AvgIpc) is 3.07. The van der Waals surface area contributed by atoms with Crippen molar-refractivity contribution in [3.8, 4) is 0 Å². The molecule has 1 saturated heterocycles. The maximum Gasteiger partial charge on any atom is 0.231 e. The Kier molecular flexibility index (Phi) is 3.36. The molecule has 3 rings (SSSR count). The van der Waals surface area contributed by atoms with Crippen molar-refractivity contribution in [2.75, 3.05) is 29.0 Å². The number of nitrogens with one attached hydrogen (secondary N) is 1. The molecule has 0 amide bonds. The number of hydrogen-bond donors (Lipinski definition) is 2. The molecule has 0 aliphatic carbocycles. The Hall–Kier alpha value is -2.38. The highest BCUT2D eigenvalue weighted by Crippen LogP contribution is 2.17. The number of nitrogens with two attached hydrogens (primary N) is 1. The van der Waals surface area contributed by atoms with E-state index in [1.807, 2.05) is 13.1 Å². The molecule has 1 fully saturated rings. The van der Waals surface area contributed by atoms with E-state index in [9.17, 15) is 0 Å². The molecule has 0 bridgehead atoms. The fourth-order valence-corrected chi connectivity index (χ4v) is 2.26. The molecule has 0 saturated carbocycles. The van der Waals surface area contributed by atoms with E-state index in [2.05, 4.69) is 30.3 Å². The van der Waals surface area contributed by atoms with Crippen LogP contribution in [0.2, 0.25) is 0 Å². The van der Waals surface area contributed by atoms with Crippen LogP contribution in [0.4, 0.5) is 17.8 Å². The lowest BCUT2D eigenvalue weighted by Crippen LogP contribution is -2.22. The molecule has 20 heavy (non-hydrogen) atoms. The molecule has 3 heterocycles. The highest BCUT2D eigenvalue weighted by atomic mass is 15.3. The van der Waals surface area contributed by atoms with Crippen LogP contribution >= 0.6 is 0 Å². The van der Waals surface area contributed by atoms with Crippen molar-refractivity contribution in [3.05, 3.63) is 18.0 Å². The molecule has 2 aromatic heterocycles. The lowest BCUT2D eigenvalue weighted by molar-refractivity contribution is 0.718. The van der Waals surface area contributed by atoms with E-state index in [-0.39, 0.29) is 5.95 Å². The van der Waals surface area contributed by atoms with Crippen molar-refractivity contribution < 1.29 is 0 Å². The second kappa shape index (κ2) is 5.32. The van der Waals surface area contributed by atoms with E-state index in [0.29, 0.717) is 18.4 Å². The molecule has 2 aromatic rings. The number of hydrogen-bond acceptors (Lipinski definition) is 7. The Morgan fingerprint density at radius 2 is 2.05 bits per heavy atom. The van der Waals surface area contributed by atoms with Gasteiger partial charge in [0.05, 0.1) is 12.2 Å². The van der Waals surface area contributed by atoms with Gasteiger partial charge in [-0.3, -0.25) is 4.68 Å². The van der Waals surface area contributed by atoms with Crippen molar-refractivity contribution in [2.24, 2.45) is 7.05 Å². The highest BCUT2D eigenvalue weighted by molar-refractivity contribution is 5.42. The van der Waals surface area contributed by atoms with Gasteiger partial charge in [-0.25, -0.2) is 0 Å². The summed E-state index contributed by atoms with van der Waals surface area (Å²) in [6, 6.07) is 1.94. The third-order valence-corrected chi connectivity index (χ3v) is 3.38. The zero-order chi connectivity index (χ0) is 13.9. The summed E-state index contributed by atoms with van der Waals surface area (Å²) < 4.78 is 1.80. The summed E-state index contributed by atoms with van der Waals surface area (Å²) in [6.07, 6.45) is 4.10. The normalized spacial score (nSPS) is 14.8.